The normalized spacial score (nSPS) is 20.0. The van der Waals surface area contributed by atoms with Crippen LogP contribution in [0.2, 0.25) is 0 Å². The van der Waals surface area contributed by atoms with Crippen LogP contribution in [0.15, 0.2) is 47.1 Å². The van der Waals surface area contributed by atoms with Crippen LogP contribution in [0.25, 0.3) is 0 Å². The van der Waals surface area contributed by atoms with Crippen LogP contribution in [0.1, 0.15) is 23.8 Å². The fraction of sp³-hybridized carbons (Fsp3) is 0.353. The first-order valence-corrected chi connectivity index (χ1v) is 7.23. The predicted molar refractivity (Wildman–Crippen MR) is 79.0 cm³/mol. The zero-order valence-corrected chi connectivity index (χ0v) is 12.0. The molecule has 21 heavy (non-hydrogen) atoms. The zero-order chi connectivity index (χ0) is 14.8. The Bertz CT molecular complexity index is 621. The molecule has 1 aliphatic rings. The van der Waals surface area contributed by atoms with Gasteiger partial charge in [-0.2, -0.15) is 0 Å². The van der Waals surface area contributed by atoms with Crippen molar-refractivity contribution in [2.75, 3.05) is 0 Å². The first kappa shape index (κ1) is 13.9. The highest BCUT2D eigenvalue weighted by Crippen LogP contribution is 2.26. The Kier molecular flexibility index (Phi) is 3.80. The Balaban J connectivity index is 1.83. The van der Waals surface area contributed by atoms with Crippen molar-refractivity contribution >= 4 is 5.97 Å². The van der Waals surface area contributed by atoms with Gasteiger partial charge >= 0.3 is 5.97 Å². The lowest BCUT2D eigenvalue weighted by molar-refractivity contribution is -0.145. The number of hydrogen-bond donors (Lipinski definition) is 1. The number of carbonyl (C=O) groups is 1. The number of aliphatic carboxylic acids is 1. The highest BCUT2D eigenvalue weighted by Gasteiger charge is 2.34. The quantitative estimate of drug-likeness (QED) is 0.938. The Morgan fingerprint density at radius 3 is 2.76 bits per heavy atom. The van der Waals surface area contributed by atoms with Crippen molar-refractivity contribution in [2.24, 2.45) is 0 Å². The maximum atomic E-state index is 11.6. The van der Waals surface area contributed by atoms with Crippen LogP contribution in [0, 0.1) is 0 Å². The van der Waals surface area contributed by atoms with E-state index in [4.69, 9.17) is 4.42 Å². The van der Waals surface area contributed by atoms with Gasteiger partial charge in [0, 0.05) is 19.0 Å². The van der Waals surface area contributed by atoms with E-state index in [0.29, 0.717) is 13.0 Å². The number of fused-ring (bicyclic) bond motifs is 1. The van der Waals surface area contributed by atoms with Gasteiger partial charge in [0.05, 0.1) is 6.26 Å². The summed E-state index contributed by atoms with van der Waals surface area (Å²) in [5.74, 6) is 0.140. The molecule has 3 rings (SSSR count). The molecule has 0 bridgehead atoms. The van der Waals surface area contributed by atoms with Crippen LogP contribution in [0.5, 0.6) is 0 Å². The molecule has 1 aromatic carbocycles. The van der Waals surface area contributed by atoms with Crippen molar-refractivity contribution in [3.05, 3.63) is 59.5 Å². The molecule has 0 saturated heterocycles. The van der Waals surface area contributed by atoms with Gasteiger partial charge in [-0.1, -0.05) is 24.3 Å². The number of carboxylic acid groups (broad SMARTS) is 1. The Hall–Kier alpha value is -2.07. The van der Waals surface area contributed by atoms with E-state index in [1.165, 1.54) is 5.56 Å². The van der Waals surface area contributed by atoms with E-state index in [2.05, 4.69) is 17.9 Å². The second-order valence-corrected chi connectivity index (χ2v) is 5.63. The fourth-order valence-corrected chi connectivity index (χ4v) is 3.07. The third-order valence-electron chi connectivity index (χ3n) is 4.21. The third-order valence-corrected chi connectivity index (χ3v) is 4.21. The summed E-state index contributed by atoms with van der Waals surface area (Å²) in [6.07, 6.45) is 2.94. The summed E-state index contributed by atoms with van der Waals surface area (Å²) in [5, 5.41) is 9.54. The molecule has 4 nitrogen and oxygen atoms in total. The summed E-state index contributed by atoms with van der Waals surface area (Å²) in [6, 6.07) is 11.5. The van der Waals surface area contributed by atoms with Crippen molar-refractivity contribution in [1.29, 1.82) is 0 Å². The van der Waals surface area contributed by atoms with E-state index < -0.39 is 12.0 Å². The Labute approximate surface area is 124 Å². The molecule has 2 unspecified atom stereocenters. The highest BCUT2D eigenvalue weighted by molar-refractivity contribution is 5.74. The summed E-state index contributed by atoms with van der Waals surface area (Å²) < 4.78 is 5.39. The fourth-order valence-electron chi connectivity index (χ4n) is 3.07. The molecular formula is C17H19NO3. The van der Waals surface area contributed by atoms with Crippen LogP contribution in [0.4, 0.5) is 0 Å². The smallest absolute Gasteiger partial charge is 0.321 e. The molecule has 0 radical (unpaired) electrons. The Morgan fingerprint density at radius 1 is 1.33 bits per heavy atom. The van der Waals surface area contributed by atoms with E-state index in [1.807, 2.05) is 30.3 Å². The minimum absolute atomic E-state index is 0.116. The predicted octanol–water partition coefficient (Wildman–Crippen LogP) is 2.72. The van der Waals surface area contributed by atoms with Gasteiger partial charge in [0.2, 0.25) is 0 Å². The standard InChI is InChI=1S/C17H19NO3/c1-12(9-15-7-4-8-21-15)18-11-14-6-3-2-5-13(14)10-16(18)17(19)20/h2-8,12,16H,9-11H2,1H3,(H,19,20). The summed E-state index contributed by atoms with van der Waals surface area (Å²) >= 11 is 0. The SMILES string of the molecule is CC(Cc1ccco1)N1Cc2ccccc2CC1C(=O)O. The lowest BCUT2D eigenvalue weighted by Crippen LogP contribution is -2.50. The average molecular weight is 285 g/mol. The van der Waals surface area contributed by atoms with Gasteiger partial charge in [-0.3, -0.25) is 9.69 Å². The molecule has 2 heterocycles. The number of nitrogens with zero attached hydrogens (tertiary/aromatic N) is 1. The van der Waals surface area contributed by atoms with Crippen molar-refractivity contribution in [2.45, 2.75) is 38.4 Å². The number of hydrogen-bond acceptors (Lipinski definition) is 3. The van der Waals surface area contributed by atoms with E-state index in [-0.39, 0.29) is 6.04 Å². The van der Waals surface area contributed by atoms with Crippen molar-refractivity contribution in [3.63, 3.8) is 0 Å². The zero-order valence-electron chi connectivity index (χ0n) is 12.0. The van der Waals surface area contributed by atoms with Crippen LogP contribution in [-0.2, 0) is 24.2 Å². The monoisotopic (exact) mass is 285 g/mol. The van der Waals surface area contributed by atoms with Crippen molar-refractivity contribution < 1.29 is 14.3 Å². The first-order valence-electron chi connectivity index (χ1n) is 7.23. The molecule has 110 valence electrons. The molecular weight excluding hydrogens is 266 g/mol. The van der Waals surface area contributed by atoms with Gasteiger partial charge in [0.25, 0.3) is 0 Å². The molecule has 1 N–H and O–H groups in total. The van der Waals surface area contributed by atoms with Crippen molar-refractivity contribution in [3.8, 4) is 0 Å². The highest BCUT2D eigenvalue weighted by atomic mass is 16.4. The number of furan rings is 1. The summed E-state index contributed by atoms with van der Waals surface area (Å²) in [7, 11) is 0. The van der Waals surface area contributed by atoms with E-state index in [9.17, 15) is 9.90 Å². The maximum Gasteiger partial charge on any atom is 0.321 e. The van der Waals surface area contributed by atoms with Crippen LogP contribution in [0.3, 0.4) is 0 Å². The molecule has 0 spiro atoms. The molecule has 2 atom stereocenters. The molecule has 4 heteroatoms. The minimum Gasteiger partial charge on any atom is -0.480 e. The largest absolute Gasteiger partial charge is 0.480 e. The Morgan fingerprint density at radius 2 is 2.10 bits per heavy atom. The van der Waals surface area contributed by atoms with Gasteiger partial charge in [-0.25, -0.2) is 0 Å². The van der Waals surface area contributed by atoms with Gasteiger partial charge < -0.3 is 9.52 Å². The molecule has 0 fully saturated rings. The average Bonchev–Trinajstić information content (AvgIpc) is 2.98. The minimum atomic E-state index is -0.754. The number of benzene rings is 1. The number of rotatable bonds is 4. The van der Waals surface area contributed by atoms with E-state index in [0.717, 1.165) is 17.7 Å². The summed E-state index contributed by atoms with van der Waals surface area (Å²) in [5.41, 5.74) is 2.37. The maximum absolute atomic E-state index is 11.6. The van der Waals surface area contributed by atoms with Crippen molar-refractivity contribution in [1.82, 2.24) is 4.90 Å². The van der Waals surface area contributed by atoms with Gasteiger partial charge in [-0.15, -0.1) is 0 Å². The summed E-state index contributed by atoms with van der Waals surface area (Å²) in [6.45, 7) is 2.74. The lowest BCUT2D eigenvalue weighted by Gasteiger charge is -2.38. The third kappa shape index (κ3) is 2.85. The van der Waals surface area contributed by atoms with Gasteiger partial charge in [0.1, 0.15) is 11.8 Å². The van der Waals surface area contributed by atoms with E-state index in [1.54, 1.807) is 6.26 Å². The number of carboxylic acids is 1. The van der Waals surface area contributed by atoms with Crippen LogP contribution in [-0.4, -0.2) is 28.1 Å². The second-order valence-electron chi connectivity index (χ2n) is 5.63. The molecule has 0 aliphatic carbocycles. The molecule has 0 saturated carbocycles. The van der Waals surface area contributed by atoms with Gasteiger partial charge in [-0.05, 0) is 36.6 Å². The van der Waals surface area contributed by atoms with E-state index >= 15 is 0 Å². The first-order chi connectivity index (χ1) is 10.1. The summed E-state index contributed by atoms with van der Waals surface area (Å²) in [4.78, 5) is 13.7. The molecule has 2 aromatic rings. The topological polar surface area (TPSA) is 53.7 Å². The second kappa shape index (κ2) is 5.74. The van der Waals surface area contributed by atoms with Crippen LogP contribution < -0.4 is 0 Å². The molecule has 1 aliphatic heterocycles. The molecule has 1 aromatic heterocycles. The lowest BCUT2D eigenvalue weighted by atomic mass is 9.92. The van der Waals surface area contributed by atoms with Gasteiger partial charge in [0.15, 0.2) is 0 Å². The molecule has 0 amide bonds. The van der Waals surface area contributed by atoms with Crippen LogP contribution >= 0.6 is 0 Å².